The number of hydrogen-bond acceptors (Lipinski definition) is 2. The normalized spacial score (nSPS) is 16.5. The molecule has 0 radical (unpaired) electrons. The highest BCUT2D eigenvalue weighted by Gasteiger charge is 2.19. The fraction of sp³-hybridized carbons (Fsp3) is 0.632. The van der Waals surface area contributed by atoms with Crippen LogP contribution in [0.4, 0.5) is 0 Å². The standard InChI is InChI=1S/C19H30N2O.ClH/c1-15-4-6-18(7-5-15)14-16(2)21(3)19(22)9-8-17-10-12-20-13-11-17;/h4-7,16-17,20H,8-14H2,1-3H3;1H. The van der Waals surface area contributed by atoms with E-state index in [-0.39, 0.29) is 24.4 Å². The Kier molecular flexibility index (Phi) is 8.64. The van der Waals surface area contributed by atoms with Gasteiger partial charge in [0.15, 0.2) is 0 Å². The molecule has 1 aliphatic rings. The van der Waals surface area contributed by atoms with Gasteiger partial charge in [-0.2, -0.15) is 0 Å². The summed E-state index contributed by atoms with van der Waals surface area (Å²) in [4.78, 5) is 14.3. The van der Waals surface area contributed by atoms with E-state index in [2.05, 4.69) is 43.4 Å². The minimum Gasteiger partial charge on any atom is -0.343 e. The molecule has 0 saturated carbocycles. The minimum atomic E-state index is 0. The molecule has 3 nitrogen and oxygen atoms in total. The number of nitrogens with one attached hydrogen (secondary N) is 1. The van der Waals surface area contributed by atoms with E-state index in [1.54, 1.807) is 0 Å². The van der Waals surface area contributed by atoms with Crippen LogP contribution >= 0.6 is 12.4 Å². The fourth-order valence-corrected chi connectivity index (χ4v) is 3.12. The lowest BCUT2D eigenvalue weighted by molar-refractivity contribution is -0.132. The summed E-state index contributed by atoms with van der Waals surface area (Å²) in [5.41, 5.74) is 2.58. The van der Waals surface area contributed by atoms with E-state index in [1.165, 1.54) is 24.0 Å². The molecule has 130 valence electrons. The molecule has 0 bridgehead atoms. The molecule has 1 atom stereocenters. The average molecular weight is 339 g/mol. The molecule has 1 aromatic carbocycles. The summed E-state index contributed by atoms with van der Waals surface area (Å²) >= 11 is 0. The monoisotopic (exact) mass is 338 g/mol. The molecule has 1 N–H and O–H groups in total. The maximum Gasteiger partial charge on any atom is 0.222 e. The molecule has 1 heterocycles. The van der Waals surface area contributed by atoms with Gasteiger partial charge in [-0.25, -0.2) is 0 Å². The molecule has 1 fully saturated rings. The Balaban J connectivity index is 0.00000264. The highest BCUT2D eigenvalue weighted by Crippen LogP contribution is 2.19. The third kappa shape index (κ3) is 6.52. The molecule has 1 aromatic rings. The van der Waals surface area contributed by atoms with Crippen molar-refractivity contribution in [2.75, 3.05) is 20.1 Å². The van der Waals surface area contributed by atoms with Gasteiger partial charge in [-0.05, 0) is 64.1 Å². The zero-order chi connectivity index (χ0) is 15.9. The lowest BCUT2D eigenvalue weighted by Gasteiger charge is -2.27. The number of aryl methyl sites for hydroxylation is 1. The SMILES string of the molecule is Cc1ccc(CC(C)N(C)C(=O)CCC2CCNCC2)cc1.Cl. The largest absolute Gasteiger partial charge is 0.343 e. The molecule has 1 unspecified atom stereocenters. The van der Waals surface area contributed by atoms with E-state index in [1.807, 2.05) is 11.9 Å². The lowest BCUT2D eigenvalue weighted by atomic mass is 9.93. The first kappa shape index (κ1) is 20.0. The second kappa shape index (κ2) is 9.94. The number of carbonyl (C=O) groups excluding carboxylic acids is 1. The van der Waals surface area contributed by atoms with Crippen molar-refractivity contribution in [3.8, 4) is 0 Å². The number of amides is 1. The molecule has 0 aliphatic carbocycles. The Morgan fingerprint density at radius 1 is 1.26 bits per heavy atom. The Bertz CT molecular complexity index is 469. The van der Waals surface area contributed by atoms with Gasteiger partial charge in [0, 0.05) is 19.5 Å². The van der Waals surface area contributed by atoms with Crippen molar-refractivity contribution >= 4 is 18.3 Å². The van der Waals surface area contributed by atoms with E-state index in [4.69, 9.17) is 0 Å². The summed E-state index contributed by atoms with van der Waals surface area (Å²) in [5, 5.41) is 3.38. The van der Waals surface area contributed by atoms with E-state index >= 15 is 0 Å². The topological polar surface area (TPSA) is 32.3 Å². The first-order valence-electron chi connectivity index (χ1n) is 8.58. The highest BCUT2D eigenvalue weighted by atomic mass is 35.5. The van der Waals surface area contributed by atoms with Crippen LogP contribution in [0.2, 0.25) is 0 Å². The Labute approximate surface area is 147 Å². The van der Waals surface area contributed by atoms with Crippen LogP contribution in [-0.4, -0.2) is 37.0 Å². The van der Waals surface area contributed by atoms with Gasteiger partial charge in [-0.1, -0.05) is 29.8 Å². The van der Waals surface area contributed by atoms with E-state index in [9.17, 15) is 4.79 Å². The minimum absolute atomic E-state index is 0. The number of benzene rings is 1. The second-order valence-electron chi connectivity index (χ2n) is 6.78. The maximum atomic E-state index is 12.4. The molecule has 1 amide bonds. The molecule has 4 heteroatoms. The number of carbonyl (C=O) groups is 1. The number of nitrogens with zero attached hydrogens (tertiary/aromatic N) is 1. The maximum absolute atomic E-state index is 12.4. The molecule has 23 heavy (non-hydrogen) atoms. The van der Waals surface area contributed by atoms with Gasteiger partial charge in [0.05, 0.1) is 0 Å². The summed E-state index contributed by atoms with van der Waals surface area (Å²) < 4.78 is 0. The van der Waals surface area contributed by atoms with Crippen molar-refractivity contribution in [2.45, 2.75) is 52.0 Å². The second-order valence-corrected chi connectivity index (χ2v) is 6.78. The molecule has 0 aromatic heterocycles. The number of piperidine rings is 1. The van der Waals surface area contributed by atoms with Crippen LogP contribution in [0.3, 0.4) is 0 Å². The third-order valence-electron chi connectivity index (χ3n) is 4.93. The van der Waals surface area contributed by atoms with Gasteiger partial charge in [0.1, 0.15) is 0 Å². The van der Waals surface area contributed by atoms with Crippen molar-refractivity contribution < 1.29 is 4.79 Å². The van der Waals surface area contributed by atoms with Gasteiger partial charge in [-0.3, -0.25) is 4.79 Å². The van der Waals surface area contributed by atoms with Crippen LogP contribution in [0.25, 0.3) is 0 Å². The van der Waals surface area contributed by atoms with Crippen molar-refractivity contribution in [3.05, 3.63) is 35.4 Å². The van der Waals surface area contributed by atoms with Crippen LogP contribution in [0.5, 0.6) is 0 Å². The highest BCUT2D eigenvalue weighted by molar-refractivity contribution is 5.85. The zero-order valence-corrected chi connectivity index (χ0v) is 15.5. The van der Waals surface area contributed by atoms with Crippen molar-refractivity contribution in [2.24, 2.45) is 5.92 Å². The smallest absolute Gasteiger partial charge is 0.222 e. The molecule has 1 aliphatic heterocycles. The van der Waals surface area contributed by atoms with Crippen LogP contribution in [0.15, 0.2) is 24.3 Å². The van der Waals surface area contributed by atoms with Crippen molar-refractivity contribution in [1.82, 2.24) is 10.2 Å². The number of halogens is 1. The van der Waals surface area contributed by atoms with Crippen molar-refractivity contribution in [1.29, 1.82) is 0 Å². The van der Waals surface area contributed by atoms with Gasteiger partial charge in [-0.15, -0.1) is 12.4 Å². The Morgan fingerprint density at radius 2 is 1.87 bits per heavy atom. The fourth-order valence-electron chi connectivity index (χ4n) is 3.12. The average Bonchev–Trinajstić information content (AvgIpc) is 2.55. The van der Waals surface area contributed by atoms with Gasteiger partial charge in [0.25, 0.3) is 0 Å². The quantitative estimate of drug-likeness (QED) is 0.859. The van der Waals surface area contributed by atoms with E-state index in [0.717, 1.165) is 31.8 Å². The molecular weight excluding hydrogens is 308 g/mol. The predicted octanol–water partition coefficient (Wildman–Crippen LogP) is 3.59. The van der Waals surface area contributed by atoms with Crippen LogP contribution < -0.4 is 5.32 Å². The summed E-state index contributed by atoms with van der Waals surface area (Å²) in [6, 6.07) is 8.86. The van der Waals surface area contributed by atoms with Crippen LogP contribution in [0, 0.1) is 12.8 Å². The number of hydrogen-bond donors (Lipinski definition) is 1. The van der Waals surface area contributed by atoms with Crippen LogP contribution in [0.1, 0.15) is 43.7 Å². The first-order valence-corrected chi connectivity index (χ1v) is 8.58. The van der Waals surface area contributed by atoms with Gasteiger partial charge < -0.3 is 10.2 Å². The predicted molar refractivity (Wildman–Crippen MR) is 99.2 cm³/mol. The number of rotatable bonds is 6. The molecular formula is C19H31ClN2O. The van der Waals surface area contributed by atoms with Crippen molar-refractivity contribution in [3.63, 3.8) is 0 Å². The Morgan fingerprint density at radius 3 is 2.48 bits per heavy atom. The van der Waals surface area contributed by atoms with E-state index < -0.39 is 0 Å². The molecule has 0 spiro atoms. The number of likely N-dealkylation sites (N-methyl/N-ethyl adjacent to an activating group) is 1. The first-order chi connectivity index (χ1) is 10.6. The zero-order valence-electron chi connectivity index (χ0n) is 14.7. The third-order valence-corrected chi connectivity index (χ3v) is 4.93. The summed E-state index contributed by atoms with van der Waals surface area (Å²) in [6.45, 7) is 6.46. The summed E-state index contributed by atoms with van der Waals surface area (Å²) in [6.07, 6.45) is 5.10. The van der Waals surface area contributed by atoms with Gasteiger partial charge in [0.2, 0.25) is 5.91 Å². The summed E-state index contributed by atoms with van der Waals surface area (Å²) in [7, 11) is 1.95. The van der Waals surface area contributed by atoms with Crippen LogP contribution in [-0.2, 0) is 11.2 Å². The van der Waals surface area contributed by atoms with Gasteiger partial charge >= 0.3 is 0 Å². The van der Waals surface area contributed by atoms with E-state index in [0.29, 0.717) is 6.42 Å². The Hall–Kier alpha value is -1.06. The molecule has 1 saturated heterocycles. The molecule has 2 rings (SSSR count). The summed E-state index contributed by atoms with van der Waals surface area (Å²) in [5.74, 6) is 1.02. The lowest BCUT2D eigenvalue weighted by Crippen LogP contribution is -2.37.